The van der Waals surface area contributed by atoms with E-state index in [4.69, 9.17) is 16.3 Å². The van der Waals surface area contributed by atoms with Gasteiger partial charge in [0.15, 0.2) is 11.5 Å². The van der Waals surface area contributed by atoms with Crippen molar-refractivity contribution in [1.29, 1.82) is 0 Å². The predicted molar refractivity (Wildman–Crippen MR) is 161 cm³/mol. The van der Waals surface area contributed by atoms with Crippen molar-refractivity contribution in [2.24, 2.45) is 0 Å². The Morgan fingerprint density at radius 3 is 2.50 bits per heavy atom. The number of hydrogen-bond acceptors (Lipinski definition) is 4. The van der Waals surface area contributed by atoms with Crippen LogP contribution in [0.15, 0.2) is 78.6 Å². The minimum Gasteiger partial charge on any atom is -0.449 e. The summed E-state index contributed by atoms with van der Waals surface area (Å²) in [7, 11) is 2.20. The van der Waals surface area contributed by atoms with Gasteiger partial charge in [-0.1, -0.05) is 67.3 Å². The zero-order valence-corrected chi connectivity index (χ0v) is 23.7. The molecule has 2 aliphatic rings. The molecule has 1 fully saturated rings. The van der Waals surface area contributed by atoms with Crippen molar-refractivity contribution in [2.75, 3.05) is 25.0 Å². The van der Waals surface area contributed by atoms with Crippen LogP contribution < -0.4 is 15.0 Å². The fourth-order valence-electron chi connectivity index (χ4n) is 5.41. The molecule has 0 unspecified atom stereocenters. The molecule has 2 amide bonds. The first-order valence-corrected chi connectivity index (χ1v) is 14.5. The van der Waals surface area contributed by atoms with Crippen molar-refractivity contribution >= 4 is 35.2 Å². The molecular formula is C33H36ClN3O3. The molecule has 0 spiro atoms. The van der Waals surface area contributed by atoms with Crippen LogP contribution in [-0.2, 0) is 11.3 Å². The topological polar surface area (TPSA) is 61.9 Å². The van der Waals surface area contributed by atoms with E-state index in [-0.39, 0.29) is 17.6 Å². The van der Waals surface area contributed by atoms with Crippen molar-refractivity contribution in [3.8, 4) is 5.75 Å². The second-order valence-corrected chi connectivity index (χ2v) is 11.0. The van der Waals surface area contributed by atoms with Gasteiger partial charge in [0.25, 0.3) is 11.8 Å². The Morgan fingerprint density at radius 2 is 1.75 bits per heavy atom. The molecule has 0 saturated heterocycles. The molecule has 1 aliphatic heterocycles. The van der Waals surface area contributed by atoms with E-state index in [1.165, 1.54) is 32.1 Å². The molecule has 208 valence electrons. The Morgan fingerprint density at radius 1 is 1.02 bits per heavy atom. The Kier molecular flexibility index (Phi) is 9.19. The Labute approximate surface area is 241 Å². The summed E-state index contributed by atoms with van der Waals surface area (Å²) in [6, 6.07) is 22.9. The van der Waals surface area contributed by atoms with Gasteiger partial charge in [-0.25, -0.2) is 0 Å². The summed E-state index contributed by atoms with van der Waals surface area (Å²) in [6.45, 7) is 2.03. The lowest BCUT2D eigenvalue weighted by Crippen LogP contribution is -2.36. The largest absolute Gasteiger partial charge is 0.449 e. The van der Waals surface area contributed by atoms with Gasteiger partial charge in [-0.15, -0.1) is 0 Å². The van der Waals surface area contributed by atoms with E-state index in [9.17, 15) is 9.59 Å². The summed E-state index contributed by atoms with van der Waals surface area (Å²) in [5.41, 5.74) is 3.05. The number of carbonyl (C=O) groups is 2. The lowest BCUT2D eigenvalue weighted by atomic mass is 9.94. The van der Waals surface area contributed by atoms with Gasteiger partial charge < -0.3 is 15.0 Å². The van der Waals surface area contributed by atoms with Crippen LogP contribution in [0.4, 0.5) is 5.69 Å². The lowest BCUT2D eigenvalue weighted by Gasteiger charge is -2.31. The number of nitrogens with zero attached hydrogens (tertiary/aromatic N) is 2. The highest BCUT2D eigenvalue weighted by molar-refractivity contribution is 6.30. The quantitative estimate of drug-likeness (QED) is 0.235. The smallest absolute Gasteiger partial charge is 0.294 e. The SMILES string of the molecule is CN(CCCNC(=O)c1ccc(/C=C2\Oc3ccccc3N(Cc3ccc(Cl)cc3)C2=O)cc1)C1CCCCC1. The number of benzene rings is 3. The minimum absolute atomic E-state index is 0.0902. The van der Waals surface area contributed by atoms with Gasteiger partial charge in [0.2, 0.25) is 0 Å². The van der Waals surface area contributed by atoms with Crippen molar-refractivity contribution in [2.45, 2.75) is 51.1 Å². The molecule has 0 radical (unpaired) electrons. The summed E-state index contributed by atoms with van der Waals surface area (Å²) >= 11 is 6.04. The van der Waals surface area contributed by atoms with Crippen LogP contribution in [0.5, 0.6) is 5.75 Å². The number of rotatable bonds is 9. The summed E-state index contributed by atoms with van der Waals surface area (Å²) in [6.07, 6.45) is 9.23. The number of amides is 2. The van der Waals surface area contributed by atoms with Gasteiger partial charge in [-0.3, -0.25) is 14.5 Å². The van der Waals surface area contributed by atoms with Crippen LogP contribution in [0, 0.1) is 0 Å². The third-order valence-electron chi connectivity index (χ3n) is 7.73. The van der Waals surface area contributed by atoms with Gasteiger partial charge in [0.05, 0.1) is 12.2 Å². The van der Waals surface area contributed by atoms with Gasteiger partial charge in [0.1, 0.15) is 0 Å². The third kappa shape index (κ3) is 6.93. The van der Waals surface area contributed by atoms with Gasteiger partial charge in [-0.05, 0) is 86.5 Å². The van der Waals surface area contributed by atoms with E-state index >= 15 is 0 Å². The average Bonchev–Trinajstić information content (AvgIpc) is 2.99. The Hall–Kier alpha value is -3.61. The molecule has 3 aromatic rings. The monoisotopic (exact) mass is 557 g/mol. The molecular weight excluding hydrogens is 522 g/mol. The predicted octanol–water partition coefficient (Wildman–Crippen LogP) is 6.69. The molecule has 40 heavy (non-hydrogen) atoms. The van der Waals surface area contributed by atoms with Crippen LogP contribution in [0.1, 0.15) is 60.0 Å². The highest BCUT2D eigenvalue weighted by Crippen LogP contribution is 2.36. The van der Waals surface area contributed by atoms with Crippen LogP contribution in [-0.4, -0.2) is 42.9 Å². The van der Waals surface area contributed by atoms with Crippen molar-refractivity contribution < 1.29 is 14.3 Å². The van der Waals surface area contributed by atoms with Crippen molar-refractivity contribution in [3.63, 3.8) is 0 Å². The molecule has 1 heterocycles. The van der Waals surface area contributed by atoms with Crippen LogP contribution >= 0.6 is 11.6 Å². The van der Waals surface area contributed by atoms with Crippen molar-refractivity contribution in [3.05, 3.63) is 100 Å². The van der Waals surface area contributed by atoms with Crippen molar-refractivity contribution in [1.82, 2.24) is 10.2 Å². The molecule has 5 rings (SSSR count). The van der Waals surface area contributed by atoms with Crippen LogP contribution in [0.2, 0.25) is 5.02 Å². The lowest BCUT2D eigenvalue weighted by molar-refractivity contribution is -0.117. The maximum atomic E-state index is 13.5. The third-order valence-corrected chi connectivity index (χ3v) is 7.98. The van der Waals surface area contributed by atoms with Gasteiger partial charge in [0, 0.05) is 23.2 Å². The molecule has 0 bridgehead atoms. The normalized spacial score (nSPS) is 16.6. The second kappa shape index (κ2) is 13.2. The van der Waals surface area contributed by atoms with Gasteiger partial charge >= 0.3 is 0 Å². The number of anilines is 1. The zero-order valence-electron chi connectivity index (χ0n) is 22.9. The van der Waals surface area contributed by atoms with E-state index in [1.807, 2.05) is 60.7 Å². The van der Waals surface area contributed by atoms with Crippen LogP contribution in [0.25, 0.3) is 6.08 Å². The molecule has 7 heteroatoms. The highest BCUT2D eigenvalue weighted by Gasteiger charge is 2.30. The fraction of sp³-hybridized carbons (Fsp3) is 0.333. The average molecular weight is 558 g/mol. The zero-order chi connectivity index (χ0) is 27.9. The fourth-order valence-corrected chi connectivity index (χ4v) is 5.54. The minimum atomic E-state index is -0.228. The summed E-state index contributed by atoms with van der Waals surface area (Å²) in [4.78, 5) is 30.3. The standard InChI is InChI=1S/C33H36ClN3O3/c1-36(28-8-3-2-4-9-28)21-7-20-35-32(38)26-16-12-24(13-17-26)22-31-33(39)37(23-25-14-18-27(34)19-15-25)29-10-5-6-11-30(29)40-31/h5-6,10-19,22,28H,2-4,7-9,20-21,23H2,1H3,(H,35,38)/b31-22-. The maximum absolute atomic E-state index is 13.5. The molecule has 6 nitrogen and oxygen atoms in total. The number of fused-ring (bicyclic) bond motifs is 1. The molecule has 0 atom stereocenters. The van der Waals surface area contributed by atoms with E-state index in [2.05, 4.69) is 17.3 Å². The Balaban J connectivity index is 1.20. The second-order valence-electron chi connectivity index (χ2n) is 10.6. The van der Waals surface area contributed by atoms with E-state index in [0.717, 1.165) is 29.8 Å². The molecule has 1 saturated carbocycles. The summed E-state index contributed by atoms with van der Waals surface area (Å²) < 4.78 is 6.01. The highest BCUT2D eigenvalue weighted by atomic mass is 35.5. The molecule has 3 aromatic carbocycles. The number of halogens is 1. The number of para-hydroxylation sites is 2. The molecule has 1 N–H and O–H groups in total. The van der Waals surface area contributed by atoms with E-state index in [1.54, 1.807) is 23.1 Å². The Bertz CT molecular complexity index is 1350. The van der Waals surface area contributed by atoms with Crippen LogP contribution in [0.3, 0.4) is 0 Å². The summed E-state index contributed by atoms with van der Waals surface area (Å²) in [5, 5.41) is 3.68. The first-order valence-electron chi connectivity index (χ1n) is 14.1. The first kappa shape index (κ1) is 27.9. The number of ether oxygens (including phenoxy) is 1. The first-order chi connectivity index (χ1) is 19.5. The van der Waals surface area contributed by atoms with Gasteiger partial charge in [-0.2, -0.15) is 0 Å². The molecule has 0 aromatic heterocycles. The van der Waals surface area contributed by atoms with E-state index in [0.29, 0.717) is 35.5 Å². The number of carbonyl (C=O) groups excluding carboxylic acids is 2. The maximum Gasteiger partial charge on any atom is 0.294 e. The molecule has 1 aliphatic carbocycles. The number of nitrogens with one attached hydrogen (secondary N) is 1. The number of hydrogen-bond donors (Lipinski definition) is 1. The summed E-state index contributed by atoms with van der Waals surface area (Å²) in [5.74, 6) is 0.528. The van der Waals surface area contributed by atoms with E-state index < -0.39 is 0 Å².